The minimum absolute atomic E-state index is 0.117. The summed E-state index contributed by atoms with van der Waals surface area (Å²) in [6, 6.07) is -0.545. The van der Waals surface area contributed by atoms with Crippen molar-refractivity contribution in [3.63, 3.8) is 0 Å². The largest absolute Gasteiger partial charge is 0.355 e. The fourth-order valence-corrected chi connectivity index (χ4v) is 2.23. The molecule has 90 valence electrons. The summed E-state index contributed by atoms with van der Waals surface area (Å²) in [6.45, 7) is 0.738. The van der Waals surface area contributed by atoms with E-state index in [1.165, 1.54) is 32.1 Å². The van der Waals surface area contributed by atoms with Gasteiger partial charge >= 0.3 is 0 Å². The van der Waals surface area contributed by atoms with E-state index in [-0.39, 0.29) is 5.91 Å². The molecule has 1 rings (SSSR count). The summed E-state index contributed by atoms with van der Waals surface area (Å²) in [5.74, 6) is 3.08. The minimum atomic E-state index is -0.545. The van der Waals surface area contributed by atoms with Crippen LogP contribution in [0.1, 0.15) is 44.9 Å². The molecule has 0 aromatic rings. The van der Waals surface area contributed by atoms with Crippen molar-refractivity contribution in [3.05, 3.63) is 0 Å². The third-order valence-corrected chi connectivity index (χ3v) is 3.25. The van der Waals surface area contributed by atoms with Gasteiger partial charge in [0.05, 0.1) is 6.04 Å². The Kier molecular flexibility index (Phi) is 5.95. The molecular weight excluding hydrogens is 200 g/mol. The van der Waals surface area contributed by atoms with Gasteiger partial charge in [-0.1, -0.05) is 32.1 Å². The Bertz CT molecular complexity index is 251. The highest BCUT2D eigenvalue weighted by atomic mass is 16.2. The predicted molar refractivity (Wildman–Crippen MR) is 65.6 cm³/mol. The fraction of sp³-hybridized carbons (Fsp3) is 0.769. The number of hydrogen-bond acceptors (Lipinski definition) is 2. The van der Waals surface area contributed by atoms with Gasteiger partial charge in [0.25, 0.3) is 0 Å². The zero-order valence-corrected chi connectivity index (χ0v) is 9.87. The Balaban J connectivity index is 2.10. The van der Waals surface area contributed by atoms with Crippen LogP contribution in [0.2, 0.25) is 0 Å². The molecule has 0 aliphatic heterocycles. The maximum absolute atomic E-state index is 11.4. The van der Waals surface area contributed by atoms with E-state index >= 15 is 0 Å². The Morgan fingerprint density at radius 2 is 2.12 bits per heavy atom. The Morgan fingerprint density at radius 1 is 1.44 bits per heavy atom. The molecule has 0 aromatic carbocycles. The lowest BCUT2D eigenvalue weighted by Crippen LogP contribution is -2.41. The second kappa shape index (κ2) is 7.29. The van der Waals surface area contributed by atoms with Gasteiger partial charge in [-0.15, -0.1) is 12.3 Å². The lowest BCUT2D eigenvalue weighted by Gasteiger charge is -2.21. The molecule has 1 unspecified atom stereocenters. The molecule has 3 heteroatoms. The van der Waals surface area contributed by atoms with Gasteiger partial charge in [0.15, 0.2) is 0 Å². The number of nitrogens with two attached hydrogens (primary N) is 1. The molecule has 0 saturated heterocycles. The van der Waals surface area contributed by atoms with Crippen LogP contribution in [0, 0.1) is 18.3 Å². The van der Waals surface area contributed by atoms with Crippen molar-refractivity contribution in [2.24, 2.45) is 11.7 Å². The first-order valence-corrected chi connectivity index (χ1v) is 6.20. The van der Waals surface area contributed by atoms with E-state index in [2.05, 4.69) is 11.2 Å². The Labute approximate surface area is 98.2 Å². The predicted octanol–water partition coefficient (Wildman–Crippen LogP) is 1.42. The van der Waals surface area contributed by atoms with Gasteiger partial charge in [0.2, 0.25) is 5.91 Å². The molecule has 0 radical (unpaired) electrons. The molecule has 0 heterocycles. The SMILES string of the molecule is C#CCC(N)C(=O)NCCC1CCCCC1. The van der Waals surface area contributed by atoms with Crippen LogP contribution in [0.5, 0.6) is 0 Å². The van der Waals surface area contributed by atoms with Crippen LogP contribution in [0.25, 0.3) is 0 Å². The maximum atomic E-state index is 11.4. The number of nitrogens with one attached hydrogen (secondary N) is 1. The van der Waals surface area contributed by atoms with Crippen molar-refractivity contribution in [1.82, 2.24) is 5.32 Å². The number of terminal acetylenes is 1. The summed E-state index contributed by atoms with van der Waals surface area (Å²) in [6.07, 6.45) is 13.2. The van der Waals surface area contributed by atoms with E-state index in [4.69, 9.17) is 12.2 Å². The summed E-state index contributed by atoms with van der Waals surface area (Å²) in [4.78, 5) is 11.4. The second-order valence-electron chi connectivity index (χ2n) is 4.60. The summed E-state index contributed by atoms with van der Waals surface area (Å²) in [5, 5.41) is 2.86. The van der Waals surface area contributed by atoms with Crippen molar-refractivity contribution in [2.75, 3.05) is 6.54 Å². The summed E-state index contributed by atoms with van der Waals surface area (Å²) in [5.41, 5.74) is 5.59. The van der Waals surface area contributed by atoms with Crippen LogP contribution in [-0.4, -0.2) is 18.5 Å². The van der Waals surface area contributed by atoms with Crippen molar-refractivity contribution >= 4 is 5.91 Å². The van der Waals surface area contributed by atoms with Crippen LogP contribution in [0.15, 0.2) is 0 Å². The molecule has 3 N–H and O–H groups in total. The molecule has 3 nitrogen and oxygen atoms in total. The first-order chi connectivity index (χ1) is 7.74. The van der Waals surface area contributed by atoms with Crippen molar-refractivity contribution in [1.29, 1.82) is 0 Å². The first kappa shape index (κ1) is 13.1. The normalized spacial score (nSPS) is 18.8. The Morgan fingerprint density at radius 3 is 2.75 bits per heavy atom. The van der Waals surface area contributed by atoms with Crippen LogP contribution >= 0.6 is 0 Å². The molecule has 1 atom stereocenters. The number of hydrogen-bond donors (Lipinski definition) is 2. The molecular formula is C13H22N2O. The smallest absolute Gasteiger partial charge is 0.237 e. The standard InChI is InChI=1S/C13H22N2O/c1-2-6-12(14)13(16)15-10-9-11-7-4-3-5-8-11/h1,11-12H,3-10,14H2,(H,15,16). The number of amides is 1. The molecule has 16 heavy (non-hydrogen) atoms. The Hall–Kier alpha value is -1.01. The van der Waals surface area contributed by atoms with E-state index < -0.39 is 6.04 Å². The van der Waals surface area contributed by atoms with Crippen LogP contribution in [0.3, 0.4) is 0 Å². The van der Waals surface area contributed by atoms with Gasteiger partial charge in [-0.3, -0.25) is 4.79 Å². The average molecular weight is 222 g/mol. The molecule has 0 aromatic heterocycles. The number of rotatable bonds is 5. The van der Waals surface area contributed by atoms with E-state index in [1.54, 1.807) is 0 Å². The third-order valence-electron chi connectivity index (χ3n) is 3.25. The highest BCUT2D eigenvalue weighted by Gasteiger charge is 2.15. The molecule has 1 aliphatic rings. The maximum Gasteiger partial charge on any atom is 0.237 e. The van der Waals surface area contributed by atoms with Gasteiger partial charge in [0.1, 0.15) is 0 Å². The molecule has 0 spiro atoms. The summed E-state index contributed by atoms with van der Waals surface area (Å²) in [7, 11) is 0. The number of carbonyl (C=O) groups excluding carboxylic acids is 1. The van der Waals surface area contributed by atoms with Crippen molar-refractivity contribution in [3.8, 4) is 12.3 Å². The van der Waals surface area contributed by atoms with E-state index in [9.17, 15) is 4.79 Å². The topological polar surface area (TPSA) is 55.1 Å². The first-order valence-electron chi connectivity index (χ1n) is 6.20. The lowest BCUT2D eigenvalue weighted by atomic mass is 9.87. The molecule has 1 aliphatic carbocycles. The quantitative estimate of drug-likeness (QED) is 0.691. The van der Waals surface area contributed by atoms with Gasteiger partial charge in [-0.25, -0.2) is 0 Å². The lowest BCUT2D eigenvalue weighted by molar-refractivity contribution is -0.122. The van der Waals surface area contributed by atoms with Crippen LogP contribution in [-0.2, 0) is 4.79 Å². The number of carbonyl (C=O) groups is 1. The van der Waals surface area contributed by atoms with E-state index in [0.29, 0.717) is 6.42 Å². The highest BCUT2D eigenvalue weighted by molar-refractivity contribution is 5.81. The second-order valence-corrected chi connectivity index (χ2v) is 4.60. The van der Waals surface area contributed by atoms with Crippen molar-refractivity contribution < 1.29 is 4.79 Å². The van der Waals surface area contributed by atoms with Gasteiger partial charge in [0, 0.05) is 13.0 Å². The molecule has 0 bridgehead atoms. The monoisotopic (exact) mass is 222 g/mol. The van der Waals surface area contributed by atoms with Gasteiger partial charge in [-0.2, -0.15) is 0 Å². The summed E-state index contributed by atoms with van der Waals surface area (Å²) >= 11 is 0. The van der Waals surface area contributed by atoms with Crippen molar-refractivity contribution in [2.45, 2.75) is 51.0 Å². The zero-order valence-electron chi connectivity index (χ0n) is 9.87. The van der Waals surface area contributed by atoms with Crippen LogP contribution < -0.4 is 11.1 Å². The molecule has 1 amide bonds. The zero-order chi connectivity index (χ0) is 11.8. The highest BCUT2D eigenvalue weighted by Crippen LogP contribution is 2.25. The van der Waals surface area contributed by atoms with E-state index in [1.807, 2.05) is 0 Å². The molecule has 1 fully saturated rings. The minimum Gasteiger partial charge on any atom is -0.355 e. The average Bonchev–Trinajstić information content (AvgIpc) is 2.30. The van der Waals surface area contributed by atoms with Crippen LogP contribution in [0.4, 0.5) is 0 Å². The molecule has 1 saturated carbocycles. The fourth-order valence-electron chi connectivity index (χ4n) is 2.23. The van der Waals surface area contributed by atoms with Gasteiger partial charge in [-0.05, 0) is 12.3 Å². The van der Waals surface area contributed by atoms with Gasteiger partial charge < -0.3 is 11.1 Å². The summed E-state index contributed by atoms with van der Waals surface area (Å²) < 4.78 is 0. The van der Waals surface area contributed by atoms with E-state index in [0.717, 1.165) is 18.9 Å². The third kappa shape index (κ3) is 4.67.